The van der Waals surface area contributed by atoms with Crippen LogP contribution in [0.15, 0.2) is 36.4 Å². The van der Waals surface area contributed by atoms with Crippen molar-refractivity contribution in [3.63, 3.8) is 0 Å². The van der Waals surface area contributed by atoms with Gasteiger partial charge in [0.2, 0.25) is 5.91 Å². The minimum Gasteiger partial charge on any atom is -0.336 e. The molecule has 0 aromatic heterocycles. The van der Waals surface area contributed by atoms with Gasteiger partial charge < -0.3 is 10.6 Å². The summed E-state index contributed by atoms with van der Waals surface area (Å²) in [6.07, 6.45) is 6.96. The molecule has 4 rings (SSSR count). The molecule has 0 heterocycles. The monoisotopic (exact) mass is 474 g/mol. The zero-order valence-electron chi connectivity index (χ0n) is 17.1. The molecule has 160 valence electrons. The second-order valence-electron chi connectivity index (χ2n) is 8.34. The summed E-state index contributed by atoms with van der Waals surface area (Å²) in [4.78, 5) is 25.6. The van der Waals surface area contributed by atoms with Gasteiger partial charge in [0.05, 0.1) is 16.5 Å². The lowest BCUT2D eigenvalue weighted by Gasteiger charge is -2.13. The standard InChI is InChI=1S/C24H21Cl3N2O2/c1-4-23(9-10-23)29-21(30)17-12-16(7-8-18(17)25)28-22(31)20-19(24(20,26)27)15-6-5-13(2)14(3)11-15/h1,5-8,11-12,19-20H,9-10H2,2-3H3,(H,28,31)(H,29,30). The normalized spacial score (nSPS) is 22.2. The average molecular weight is 476 g/mol. The predicted molar refractivity (Wildman–Crippen MR) is 125 cm³/mol. The maximum atomic E-state index is 12.9. The van der Waals surface area contributed by atoms with Crippen molar-refractivity contribution in [2.75, 3.05) is 5.32 Å². The van der Waals surface area contributed by atoms with Gasteiger partial charge in [-0.2, -0.15) is 0 Å². The summed E-state index contributed by atoms with van der Waals surface area (Å²) in [6, 6.07) is 10.7. The summed E-state index contributed by atoms with van der Waals surface area (Å²) >= 11 is 19.1. The number of aryl methyl sites for hydroxylation is 2. The van der Waals surface area contributed by atoms with Crippen molar-refractivity contribution < 1.29 is 9.59 Å². The molecule has 2 fully saturated rings. The van der Waals surface area contributed by atoms with Gasteiger partial charge in [0, 0.05) is 11.6 Å². The van der Waals surface area contributed by atoms with E-state index in [1.165, 1.54) is 6.07 Å². The van der Waals surface area contributed by atoms with E-state index in [0.717, 1.165) is 29.5 Å². The van der Waals surface area contributed by atoms with Gasteiger partial charge in [0.25, 0.3) is 5.91 Å². The maximum absolute atomic E-state index is 12.9. The van der Waals surface area contributed by atoms with Gasteiger partial charge in [0.15, 0.2) is 0 Å². The van der Waals surface area contributed by atoms with E-state index in [2.05, 4.69) is 16.6 Å². The number of hydrogen-bond acceptors (Lipinski definition) is 2. The molecule has 0 bridgehead atoms. The Morgan fingerprint density at radius 2 is 1.81 bits per heavy atom. The van der Waals surface area contributed by atoms with Crippen molar-refractivity contribution in [2.24, 2.45) is 5.92 Å². The van der Waals surface area contributed by atoms with Gasteiger partial charge >= 0.3 is 0 Å². The highest BCUT2D eigenvalue weighted by Crippen LogP contribution is 2.65. The number of hydrogen-bond donors (Lipinski definition) is 2. The quantitative estimate of drug-likeness (QED) is 0.451. The van der Waals surface area contributed by atoms with E-state index in [1.807, 2.05) is 32.0 Å². The van der Waals surface area contributed by atoms with Crippen LogP contribution in [-0.2, 0) is 4.79 Å². The fraction of sp³-hybridized carbons (Fsp3) is 0.333. The lowest BCUT2D eigenvalue weighted by atomic mass is 10.0. The summed E-state index contributed by atoms with van der Waals surface area (Å²) in [6.45, 7) is 4.03. The van der Waals surface area contributed by atoms with Gasteiger partial charge in [0.1, 0.15) is 9.87 Å². The Bertz CT molecular complexity index is 1130. The molecule has 0 aliphatic heterocycles. The maximum Gasteiger partial charge on any atom is 0.254 e. The molecule has 2 aliphatic carbocycles. The summed E-state index contributed by atoms with van der Waals surface area (Å²) in [5.74, 6) is 0.996. The van der Waals surface area contributed by atoms with Gasteiger partial charge in [-0.1, -0.05) is 35.7 Å². The molecule has 2 aromatic carbocycles. The number of anilines is 1. The first-order valence-corrected chi connectivity index (χ1v) is 11.1. The highest BCUT2D eigenvalue weighted by molar-refractivity contribution is 6.53. The number of halogens is 3. The molecular weight excluding hydrogens is 455 g/mol. The number of amides is 2. The van der Waals surface area contributed by atoms with Gasteiger partial charge in [-0.05, 0) is 61.6 Å². The minimum atomic E-state index is -1.19. The average Bonchev–Trinajstić information content (AvgIpc) is 3.60. The lowest BCUT2D eigenvalue weighted by Crippen LogP contribution is -2.35. The van der Waals surface area contributed by atoms with Crippen LogP contribution in [0.2, 0.25) is 5.02 Å². The van der Waals surface area contributed by atoms with Gasteiger partial charge in [-0.15, -0.1) is 29.6 Å². The summed E-state index contributed by atoms with van der Waals surface area (Å²) in [5, 5.41) is 5.91. The highest BCUT2D eigenvalue weighted by Gasteiger charge is 2.67. The SMILES string of the molecule is C#CC1(NC(=O)c2cc(NC(=O)C3C(c4ccc(C)c(C)c4)C3(Cl)Cl)ccc2Cl)CC1. The van der Waals surface area contributed by atoms with E-state index in [0.29, 0.717) is 5.69 Å². The number of terminal acetylenes is 1. The van der Waals surface area contributed by atoms with Gasteiger partial charge in [-0.3, -0.25) is 9.59 Å². The topological polar surface area (TPSA) is 58.2 Å². The molecule has 31 heavy (non-hydrogen) atoms. The second kappa shape index (κ2) is 7.74. The lowest BCUT2D eigenvalue weighted by molar-refractivity contribution is -0.117. The van der Waals surface area contributed by atoms with E-state index in [1.54, 1.807) is 12.1 Å². The van der Waals surface area contributed by atoms with Crippen LogP contribution in [0.25, 0.3) is 0 Å². The largest absolute Gasteiger partial charge is 0.336 e. The van der Waals surface area contributed by atoms with Crippen molar-refractivity contribution in [2.45, 2.75) is 42.5 Å². The molecule has 2 unspecified atom stereocenters. The molecule has 4 nitrogen and oxygen atoms in total. The Labute approximate surface area is 196 Å². The number of alkyl halides is 2. The summed E-state index contributed by atoms with van der Waals surface area (Å²) in [5.41, 5.74) is 3.27. The van der Waals surface area contributed by atoms with Crippen molar-refractivity contribution in [1.82, 2.24) is 5.32 Å². The molecule has 0 radical (unpaired) electrons. The van der Waals surface area contributed by atoms with Crippen LogP contribution in [0.4, 0.5) is 5.69 Å². The first-order valence-electron chi connectivity index (χ1n) is 9.94. The van der Waals surface area contributed by atoms with Crippen molar-refractivity contribution >= 4 is 52.3 Å². The Kier molecular flexibility index (Phi) is 5.50. The zero-order valence-corrected chi connectivity index (χ0v) is 19.3. The molecular formula is C24H21Cl3N2O2. The van der Waals surface area contributed by atoms with Gasteiger partial charge in [-0.25, -0.2) is 0 Å². The summed E-state index contributed by atoms with van der Waals surface area (Å²) in [7, 11) is 0. The molecule has 2 amide bonds. The van der Waals surface area contributed by atoms with Crippen LogP contribution in [-0.4, -0.2) is 21.7 Å². The summed E-state index contributed by atoms with van der Waals surface area (Å²) < 4.78 is -1.19. The Balaban J connectivity index is 1.50. The van der Waals surface area contributed by atoms with Crippen LogP contribution in [0.3, 0.4) is 0 Å². The zero-order chi connectivity index (χ0) is 22.6. The first kappa shape index (κ1) is 22.0. The molecule has 2 aromatic rings. The van der Waals surface area contributed by atoms with Crippen LogP contribution in [0.5, 0.6) is 0 Å². The third-order valence-corrected chi connectivity index (χ3v) is 7.35. The number of nitrogens with one attached hydrogen (secondary N) is 2. The molecule has 0 spiro atoms. The first-order chi connectivity index (χ1) is 14.6. The van der Waals surface area contributed by atoms with Crippen molar-refractivity contribution in [3.05, 3.63) is 63.7 Å². The minimum absolute atomic E-state index is 0.241. The number of carbonyl (C=O) groups excluding carboxylic acids is 2. The fourth-order valence-corrected chi connectivity index (χ4v) is 4.77. The molecule has 2 atom stereocenters. The Morgan fingerprint density at radius 1 is 1.10 bits per heavy atom. The third-order valence-electron chi connectivity index (χ3n) is 6.08. The van der Waals surface area contributed by atoms with Crippen LogP contribution >= 0.6 is 34.8 Å². The number of rotatable bonds is 5. The van der Waals surface area contributed by atoms with Crippen LogP contribution < -0.4 is 10.6 Å². The van der Waals surface area contributed by atoms with Crippen LogP contribution in [0, 0.1) is 32.1 Å². The van der Waals surface area contributed by atoms with E-state index >= 15 is 0 Å². The highest BCUT2D eigenvalue weighted by atomic mass is 35.5. The van der Waals surface area contributed by atoms with Crippen LogP contribution in [0.1, 0.15) is 45.8 Å². The van der Waals surface area contributed by atoms with E-state index < -0.39 is 15.8 Å². The predicted octanol–water partition coefficient (Wildman–Crippen LogP) is 5.38. The van der Waals surface area contributed by atoms with E-state index in [4.69, 9.17) is 41.2 Å². The van der Waals surface area contributed by atoms with E-state index in [-0.39, 0.29) is 28.3 Å². The Morgan fingerprint density at radius 3 is 2.42 bits per heavy atom. The molecule has 2 aliphatic rings. The number of carbonyl (C=O) groups is 2. The molecule has 2 saturated carbocycles. The number of benzene rings is 2. The molecule has 0 saturated heterocycles. The smallest absolute Gasteiger partial charge is 0.254 e. The molecule has 2 N–H and O–H groups in total. The van der Waals surface area contributed by atoms with E-state index in [9.17, 15) is 9.59 Å². The Hall–Kier alpha value is -2.19. The van der Waals surface area contributed by atoms with Crippen molar-refractivity contribution in [3.8, 4) is 12.3 Å². The molecule has 7 heteroatoms. The van der Waals surface area contributed by atoms with Crippen molar-refractivity contribution in [1.29, 1.82) is 0 Å². The fourth-order valence-electron chi connectivity index (χ4n) is 3.74. The second-order valence-corrected chi connectivity index (χ2v) is 10.2. The third kappa shape index (κ3) is 4.15.